The fourth-order valence-electron chi connectivity index (χ4n) is 7.32. The molecule has 6 unspecified atom stereocenters. The molecule has 0 amide bonds. The Morgan fingerprint density at radius 3 is 1.28 bits per heavy atom. The van der Waals surface area contributed by atoms with Crippen LogP contribution in [-0.4, -0.2) is 89.6 Å². The molecule has 0 aliphatic carbocycles. The predicted molar refractivity (Wildman–Crippen MR) is 283 cm³/mol. The van der Waals surface area contributed by atoms with Gasteiger partial charge in [0.2, 0.25) is 0 Å². The molecule has 0 spiro atoms. The maximum Gasteiger partial charge on any atom is 0.306 e. The largest absolute Gasteiger partial charge is 0.457 e. The van der Waals surface area contributed by atoms with Crippen molar-refractivity contribution >= 4 is 5.97 Å². The van der Waals surface area contributed by atoms with Gasteiger partial charge in [-0.2, -0.15) is 0 Å². The summed E-state index contributed by atoms with van der Waals surface area (Å²) < 4.78 is 22.8. The van der Waals surface area contributed by atoms with Gasteiger partial charge in [0, 0.05) is 13.0 Å². The summed E-state index contributed by atoms with van der Waals surface area (Å²) in [4.78, 5) is 12.9. The van der Waals surface area contributed by atoms with Crippen molar-refractivity contribution in [3.05, 3.63) is 122 Å². The van der Waals surface area contributed by atoms with Crippen LogP contribution in [0.15, 0.2) is 122 Å². The van der Waals surface area contributed by atoms with E-state index in [1.807, 2.05) is 0 Å². The average Bonchev–Trinajstić information content (AvgIpc) is 3.34. The number of allylic oxidation sites excluding steroid dienone is 20. The number of ether oxygens (including phenoxy) is 4. The third kappa shape index (κ3) is 38.4. The third-order valence-corrected chi connectivity index (χ3v) is 11.4. The lowest BCUT2D eigenvalue weighted by Gasteiger charge is -2.39. The van der Waals surface area contributed by atoms with E-state index in [4.69, 9.17) is 18.9 Å². The maximum atomic E-state index is 12.9. The van der Waals surface area contributed by atoms with Gasteiger partial charge in [-0.1, -0.05) is 200 Å². The molecule has 0 aromatic carbocycles. The van der Waals surface area contributed by atoms with Crippen LogP contribution in [0.3, 0.4) is 0 Å². The van der Waals surface area contributed by atoms with Crippen molar-refractivity contribution in [2.45, 2.75) is 218 Å². The summed E-state index contributed by atoms with van der Waals surface area (Å²) >= 11 is 0. The molecule has 9 nitrogen and oxygen atoms in total. The van der Waals surface area contributed by atoms with Crippen molar-refractivity contribution in [3.8, 4) is 0 Å². The van der Waals surface area contributed by atoms with E-state index >= 15 is 0 Å². The van der Waals surface area contributed by atoms with E-state index in [1.165, 1.54) is 64.2 Å². The van der Waals surface area contributed by atoms with Crippen molar-refractivity contribution in [3.63, 3.8) is 0 Å². The predicted octanol–water partition coefficient (Wildman–Crippen LogP) is 13.5. The average molecular weight is 949 g/mol. The van der Waals surface area contributed by atoms with E-state index in [0.29, 0.717) is 13.0 Å². The smallest absolute Gasteiger partial charge is 0.306 e. The van der Waals surface area contributed by atoms with E-state index in [2.05, 4.69) is 135 Å². The van der Waals surface area contributed by atoms with Gasteiger partial charge >= 0.3 is 5.97 Å². The number of esters is 1. The minimum absolute atomic E-state index is 0.0962. The minimum Gasteiger partial charge on any atom is -0.457 e. The Labute approximate surface area is 414 Å². The van der Waals surface area contributed by atoms with Crippen LogP contribution in [0, 0.1) is 0 Å². The monoisotopic (exact) mass is 949 g/mol. The number of unbranched alkanes of at least 4 members (excludes halogenated alkanes) is 13. The van der Waals surface area contributed by atoms with Gasteiger partial charge in [-0.25, -0.2) is 0 Å². The highest BCUT2D eigenvalue weighted by Gasteiger charge is 2.44. The molecular weight excluding hydrogens is 853 g/mol. The molecule has 68 heavy (non-hydrogen) atoms. The molecule has 0 aromatic rings. The van der Waals surface area contributed by atoms with Gasteiger partial charge in [0.05, 0.1) is 19.8 Å². The second-order valence-electron chi connectivity index (χ2n) is 17.6. The van der Waals surface area contributed by atoms with E-state index in [9.17, 15) is 25.2 Å². The number of carbonyl (C=O) groups excluding carboxylic acids is 1. The highest BCUT2D eigenvalue weighted by atomic mass is 16.7. The first-order valence-electron chi connectivity index (χ1n) is 26.6. The Morgan fingerprint density at radius 2 is 0.853 bits per heavy atom. The van der Waals surface area contributed by atoms with Gasteiger partial charge < -0.3 is 39.4 Å². The van der Waals surface area contributed by atoms with Crippen LogP contribution >= 0.6 is 0 Å². The number of aliphatic hydroxyl groups excluding tert-OH is 4. The summed E-state index contributed by atoms with van der Waals surface area (Å²) in [5.74, 6) is -0.340. The molecule has 9 heteroatoms. The third-order valence-electron chi connectivity index (χ3n) is 11.4. The van der Waals surface area contributed by atoms with E-state index in [-0.39, 0.29) is 19.2 Å². The normalized spacial score (nSPS) is 20.1. The zero-order chi connectivity index (χ0) is 49.2. The molecule has 1 rings (SSSR count). The van der Waals surface area contributed by atoms with Crippen LogP contribution in [0.5, 0.6) is 0 Å². The number of aliphatic hydroxyl groups is 4. The summed E-state index contributed by atoms with van der Waals surface area (Å²) in [6.45, 7) is 4.17. The summed E-state index contributed by atoms with van der Waals surface area (Å²) in [6.07, 6.45) is 63.9. The zero-order valence-corrected chi connectivity index (χ0v) is 42.6. The Kier molecular flexibility index (Phi) is 44.8. The van der Waals surface area contributed by atoms with Crippen molar-refractivity contribution in [1.82, 2.24) is 0 Å². The first kappa shape index (κ1) is 62.6. The van der Waals surface area contributed by atoms with Gasteiger partial charge in [-0.15, -0.1) is 0 Å². The molecule has 0 aromatic heterocycles. The Balaban J connectivity index is 2.24. The Morgan fingerprint density at radius 1 is 0.471 bits per heavy atom. The zero-order valence-electron chi connectivity index (χ0n) is 42.6. The van der Waals surface area contributed by atoms with Crippen molar-refractivity contribution < 1.29 is 44.2 Å². The maximum absolute atomic E-state index is 12.9. The van der Waals surface area contributed by atoms with Gasteiger partial charge in [0.25, 0.3) is 0 Å². The number of hydrogen-bond donors (Lipinski definition) is 4. The molecule has 0 radical (unpaired) electrons. The first-order valence-corrected chi connectivity index (χ1v) is 26.6. The minimum atomic E-state index is -1.56. The SMILES string of the molecule is CC/C=C\C/C=C\C/C=C\C/C=C\C/C=C\C/C=C\CCCOCC(COC1OC(CO)C(O)C(O)C1O)OC(=O)CCCCCCCCCCCCCC/C=C\C/C=C\C/C=C\C/C=C\CC. The second-order valence-corrected chi connectivity index (χ2v) is 17.6. The molecule has 1 fully saturated rings. The summed E-state index contributed by atoms with van der Waals surface area (Å²) in [5.41, 5.74) is 0. The van der Waals surface area contributed by atoms with Crippen molar-refractivity contribution in [2.75, 3.05) is 26.4 Å². The molecular formula is C59H96O9. The standard InChI is InChI=1S/C59H96O9/c1-3-5-7-9-11-13-15-17-19-21-23-25-26-27-28-29-30-32-34-36-38-40-42-44-46-48-55(61)67-53(52-66-59-58(64)57(63)56(62)54(50-60)68-59)51-65-49-47-45-43-41-39-37-35-33-31-24-22-20-18-16-14-12-10-8-6-4-2/h5-8,11-14,17-20,23-25,31,35,37,41,43,53-54,56-60,62-64H,3-4,9-10,15-16,21-22,26-30,32-34,36,38-40,42,44-52H2,1-2H3/b7-5-,8-6-,13-11-,14-12-,19-17-,20-18-,25-23-,31-24-,37-35-,43-41-. The highest BCUT2D eigenvalue weighted by molar-refractivity contribution is 5.69. The summed E-state index contributed by atoms with van der Waals surface area (Å²) in [5, 5.41) is 40.3. The van der Waals surface area contributed by atoms with E-state index < -0.39 is 43.4 Å². The summed E-state index contributed by atoms with van der Waals surface area (Å²) in [7, 11) is 0. The fraction of sp³-hybridized carbons (Fsp3) is 0.644. The van der Waals surface area contributed by atoms with Crippen LogP contribution in [-0.2, 0) is 23.7 Å². The molecule has 1 aliphatic heterocycles. The van der Waals surface area contributed by atoms with Gasteiger partial charge in [-0.05, 0) is 96.3 Å². The quantitative estimate of drug-likeness (QED) is 0.0267. The van der Waals surface area contributed by atoms with E-state index in [1.54, 1.807) is 0 Å². The lowest BCUT2D eigenvalue weighted by Crippen LogP contribution is -2.59. The number of carbonyl (C=O) groups is 1. The molecule has 4 N–H and O–H groups in total. The van der Waals surface area contributed by atoms with Crippen LogP contribution in [0.4, 0.5) is 0 Å². The molecule has 1 saturated heterocycles. The van der Waals surface area contributed by atoms with Crippen LogP contribution in [0.25, 0.3) is 0 Å². The molecule has 386 valence electrons. The second kappa shape index (κ2) is 48.6. The van der Waals surface area contributed by atoms with Crippen molar-refractivity contribution in [1.29, 1.82) is 0 Å². The lowest BCUT2D eigenvalue weighted by atomic mass is 9.99. The van der Waals surface area contributed by atoms with Crippen LogP contribution in [0.2, 0.25) is 0 Å². The molecule has 6 atom stereocenters. The van der Waals surface area contributed by atoms with Gasteiger partial charge in [0.1, 0.15) is 30.5 Å². The Hall–Kier alpha value is -3.41. The molecule has 0 bridgehead atoms. The fourth-order valence-corrected chi connectivity index (χ4v) is 7.32. The molecule has 0 saturated carbocycles. The Bertz CT molecular complexity index is 1450. The number of hydrogen-bond acceptors (Lipinski definition) is 9. The highest BCUT2D eigenvalue weighted by Crippen LogP contribution is 2.22. The van der Waals surface area contributed by atoms with Crippen molar-refractivity contribution in [2.24, 2.45) is 0 Å². The van der Waals surface area contributed by atoms with E-state index in [0.717, 1.165) is 96.3 Å². The van der Waals surface area contributed by atoms with Crippen LogP contribution in [0.1, 0.15) is 181 Å². The van der Waals surface area contributed by atoms with Crippen LogP contribution < -0.4 is 0 Å². The van der Waals surface area contributed by atoms with Gasteiger partial charge in [0.15, 0.2) is 6.29 Å². The first-order chi connectivity index (χ1) is 33.4. The van der Waals surface area contributed by atoms with Gasteiger partial charge in [-0.3, -0.25) is 4.79 Å². The summed E-state index contributed by atoms with van der Waals surface area (Å²) in [6, 6.07) is 0. The lowest BCUT2D eigenvalue weighted by molar-refractivity contribution is -0.305. The number of rotatable bonds is 44. The topological polar surface area (TPSA) is 135 Å². The molecule has 1 aliphatic rings. The molecule has 1 heterocycles.